The molecule has 0 aliphatic heterocycles. The largest absolute Gasteiger partial charge is 0.398 e. The molecule has 1 rings (SSSR count). The van der Waals surface area contributed by atoms with Crippen LogP contribution in [0, 0.1) is 0 Å². The van der Waals surface area contributed by atoms with Crippen molar-refractivity contribution < 1.29 is 0 Å². The molecule has 0 aromatic heterocycles. The van der Waals surface area contributed by atoms with E-state index < -0.39 is 0 Å². The lowest BCUT2D eigenvalue weighted by atomic mass is 9.94. The van der Waals surface area contributed by atoms with Crippen molar-refractivity contribution in [2.45, 2.75) is 39.0 Å². The second kappa shape index (κ2) is 5.90. The number of benzene rings is 1. The zero-order valence-electron chi connectivity index (χ0n) is 9.19. The lowest BCUT2D eigenvalue weighted by Gasteiger charge is -2.15. The molecule has 1 aromatic rings. The Morgan fingerprint density at radius 3 is 2.60 bits per heavy atom. The summed E-state index contributed by atoms with van der Waals surface area (Å²) in [5.41, 5.74) is 8.17. The third-order valence-electron chi connectivity index (χ3n) is 2.65. The van der Waals surface area contributed by atoms with Gasteiger partial charge in [0.25, 0.3) is 0 Å². The molecule has 0 saturated carbocycles. The summed E-state index contributed by atoms with van der Waals surface area (Å²) in [4.78, 5) is 0. The molecule has 0 aliphatic rings. The Hall–Kier alpha value is -0.0200. The van der Waals surface area contributed by atoms with Gasteiger partial charge in [0.15, 0.2) is 0 Å². The van der Waals surface area contributed by atoms with E-state index in [1.807, 2.05) is 6.07 Å². The highest BCUT2D eigenvalue weighted by atomic mass is 79.9. The minimum Gasteiger partial charge on any atom is -0.398 e. The number of nitrogens with two attached hydrogens (primary N) is 1. The fourth-order valence-corrected chi connectivity index (χ4v) is 2.94. The highest BCUT2D eigenvalue weighted by Crippen LogP contribution is 2.34. The Balaban J connectivity index is 2.92. The van der Waals surface area contributed by atoms with Gasteiger partial charge in [0.05, 0.1) is 0 Å². The van der Waals surface area contributed by atoms with Crippen LogP contribution in [0.25, 0.3) is 0 Å². The zero-order chi connectivity index (χ0) is 11.4. The second-order valence-electron chi connectivity index (χ2n) is 3.93. The van der Waals surface area contributed by atoms with Gasteiger partial charge in [0, 0.05) is 14.6 Å². The van der Waals surface area contributed by atoms with E-state index in [1.54, 1.807) is 0 Å². The number of halogens is 2. The van der Waals surface area contributed by atoms with Gasteiger partial charge in [0.1, 0.15) is 0 Å². The van der Waals surface area contributed by atoms with Crippen LogP contribution >= 0.6 is 31.9 Å². The molecule has 0 saturated heterocycles. The minimum absolute atomic E-state index is 0.527. The summed E-state index contributed by atoms with van der Waals surface area (Å²) in [6.07, 6.45) is 3.69. The maximum atomic E-state index is 6.06. The molecular weight excluding hydrogens is 318 g/mol. The summed E-state index contributed by atoms with van der Waals surface area (Å²) in [6, 6.07) is 4.12. The molecule has 0 fully saturated rings. The third kappa shape index (κ3) is 3.49. The van der Waals surface area contributed by atoms with Crippen LogP contribution in [0.5, 0.6) is 0 Å². The minimum atomic E-state index is 0.527. The number of rotatable bonds is 4. The summed E-state index contributed by atoms with van der Waals surface area (Å²) < 4.78 is 2.07. The van der Waals surface area contributed by atoms with E-state index >= 15 is 0 Å². The topological polar surface area (TPSA) is 26.0 Å². The van der Waals surface area contributed by atoms with Gasteiger partial charge in [-0.3, -0.25) is 0 Å². The normalized spacial score (nSPS) is 12.8. The summed E-state index contributed by atoms with van der Waals surface area (Å²) in [5.74, 6) is 0.527. The molecule has 15 heavy (non-hydrogen) atoms. The molecule has 2 N–H and O–H groups in total. The maximum Gasteiger partial charge on any atom is 0.0494 e. The fourth-order valence-electron chi connectivity index (χ4n) is 1.68. The summed E-state index contributed by atoms with van der Waals surface area (Å²) in [6.45, 7) is 4.45. The van der Waals surface area contributed by atoms with E-state index in [0.717, 1.165) is 14.6 Å². The number of hydrogen-bond donors (Lipinski definition) is 1. The van der Waals surface area contributed by atoms with E-state index in [9.17, 15) is 0 Å². The van der Waals surface area contributed by atoms with Crippen LogP contribution < -0.4 is 5.73 Å². The summed E-state index contributed by atoms with van der Waals surface area (Å²) >= 11 is 6.98. The summed E-state index contributed by atoms with van der Waals surface area (Å²) in [5, 5.41) is 0. The van der Waals surface area contributed by atoms with Crippen molar-refractivity contribution in [3.63, 3.8) is 0 Å². The molecule has 1 aromatic carbocycles. The Morgan fingerprint density at radius 1 is 1.33 bits per heavy atom. The first-order chi connectivity index (χ1) is 7.06. The van der Waals surface area contributed by atoms with Crippen molar-refractivity contribution in [2.75, 3.05) is 5.73 Å². The smallest absolute Gasteiger partial charge is 0.0494 e. The zero-order valence-corrected chi connectivity index (χ0v) is 12.4. The van der Waals surface area contributed by atoms with Gasteiger partial charge < -0.3 is 5.73 Å². The first-order valence-electron chi connectivity index (χ1n) is 5.30. The Labute approximate surface area is 109 Å². The van der Waals surface area contributed by atoms with Crippen LogP contribution in [0.4, 0.5) is 5.69 Å². The van der Waals surface area contributed by atoms with Crippen molar-refractivity contribution in [1.29, 1.82) is 0 Å². The van der Waals surface area contributed by atoms with E-state index in [-0.39, 0.29) is 0 Å². The number of hydrogen-bond acceptors (Lipinski definition) is 1. The Kier molecular flexibility index (Phi) is 5.13. The molecule has 0 radical (unpaired) electrons. The number of nitrogen functional groups attached to an aromatic ring is 1. The van der Waals surface area contributed by atoms with Crippen LogP contribution in [0.15, 0.2) is 21.1 Å². The number of unbranched alkanes of at least 4 members (excludes halogenated alkanes) is 1. The van der Waals surface area contributed by atoms with Crippen molar-refractivity contribution >= 4 is 37.5 Å². The van der Waals surface area contributed by atoms with Gasteiger partial charge in [-0.25, -0.2) is 0 Å². The van der Waals surface area contributed by atoms with Crippen LogP contribution in [0.2, 0.25) is 0 Å². The van der Waals surface area contributed by atoms with Gasteiger partial charge in [-0.05, 0) is 46.0 Å². The molecule has 1 atom stereocenters. The first-order valence-corrected chi connectivity index (χ1v) is 6.89. The number of anilines is 1. The summed E-state index contributed by atoms with van der Waals surface area (Å²) in [7, 11) is 0. The van der Waals surface area contributed by atoms with Crippen LogP contribution in [0.1, 0.15) is 44.6 Å². The molecule has 0 aliphatic carbocycles. The monoisotopic (exact) mass is 333 g/mol. The van der Waals surface area contributed by atoms with Crippen molar-refractivity contribution in [1.82, 2.24) is 0 Å². The Bertz CT molecular complexity index is 337. The van der Waals surface area contributed by atoms with Crippen LogP contribution in [0.3, 0.4) is 0 Å². The second-order valence-corrected chi connectivity index (χ2v) is 5.70. The van der Waals surface area contributed by atoms with Gasteiger partial charge in [-0.15, -0.1) is 0 Å². The maximum absolute atomic E-state index is 6.06. The van der Waals surface area contributed by atoms with Gasteiger partial charge in [-0.2, -0.15) is 0 Å². The molecular formula is C12H17Br2N. The van der Waals surface area contributed by atoms with E-state index in [1.165, 1.54) is 24.8 Å². The average molecular weight is 335 g/mol. The van der Waals surface area contributed by atoms with Crippen molar-refractivity contribution in [3.05, 3.63) is 26.6 Å². The van der Waals surface area contributed by atoms with Gasteiger partial charge in [-0.1, -0.05) is 42.6 Å². The van der Waals surface area contributed by atoms with Crippen LogP contribution in [-0.2, 0) is 0 Å². The molecule has 0 amide bonds. The molecule has 0 bridgehead atoms. The molecule has 3 heteroatoms. The van der Waals surface area contributed by atoms with Crippen molar-refractivity contribution in [3.8, 4) is 0 Å². The van der Waals surface area contributed by atoms with E-state index in [4.69, 9.17) is 5.73 Å². The predicted molar refractivity (Wildman–Crippen MR) is 74.2 cm³/mol. The molecule has 1 nitrogen and oxygen atoms in total. The predicted octanol–water partition coefficient (Wildman–Crippen LogP) is 5.09. The van der Waals surface area contributed by atoms with Gasteiger partial charge >= 0.3 is 0 Å². The van der Waals surface area contributed by atoms with Crippen LogP contribution in [-0.4, -0.2) is 0 Å². The lowest BCUT2D eigenvalue weighted by molar-refractivity contribution is 0.625. The van der Waals surface area contributed by atoms with Crippen molar-refractivity contribution in [2.24, 2.45) is 0 Å². The standard InChI is InChI=1S/C12H17Br2N/c1-3-4-5-8(2)10-6-9(13)7-11(14)12(10)15/h6-8H,3-5,15H2,1-2H3. The lowest BCUT2D eigenvalue weighted by Crippen LogP contribution is -2.00. The third-order valence-corrected chi connectivity index (χ3v) is 3.76. The molecule has 1 unspecified atom stereocenters. The first kappa shape index (κ1) is 13.0. The molecule has 0 spiro atoms. The van der Waals surface area contributed by atoms with E-state index in [0.29, 0.717) is 5.92 Å². The molecule has 0 heterocycles. The van der Waals surface area contributed by atoms with Gasteiger partial charge in [0.2, 0.25) is 0 Å². The SMILES string of the molecule is CCCCC(C)c1cc(Br)cc(Br)c1N. The highest BCUT2D eigenvalue weighted by Gasteiger charge is 2.11. The fraction of sp³-hybridized carbons (Fsp3) is 0.500. The average Bonchev–Trinajstić information content (AvgIpc) is 2.19. The molecule has 84 valence electrons. The highest BCUT2D eigenvalue weighted by molar-refractivity contribution is 9.11. The quantitative estimate of drug-likeness (QED) is 0.763. The Morgan fingerprint density at radius 2 is 2.00 bits per heavy atom. The van der Waals surface area contributed by atoms with E-state index in [2.05, 4.69) is 51.8 Å².